The van der Waals surface area contributed by atoms with E-state index in [-0.39, 0.29) is 23.9 Å². The van der Waals surface area contributed by atoms with Crippen molar-refractivity contribution in [1.82, 2.24) is 14.9 Å². The van der Waals surface area contributed by atoms with Gasteiger partial charge in [-0.25, -0.2) is 4.98 Å². The minimum atomic E-state index is -0.856. The number of aromatic nitrogens is 2. The topological polar surface area (TPSA) is 87.8 Å². The fourth-order valence-electron chi connectivity index (χ4n) is 2.58. The van der Waals surface area contributed by atoms with Gasteiger partial charge in [0.05, 0.1) is 23.3 Å². The van der Waals surface area contributed by atoms with Gasteiger partial charge in [-0.05, 0) is 37.8 Å². The molecule has 1 aromatic carbocycles. The molecule has 3 rings (SSSR count). The van der Waals surface area contributed by atoms with E-state index in [1.54, 1.807) is 31.2 Å². The lowest BCUT2D eigenvalue weighted by Gasteiger charge is -2.23. The molecule has 22 heavy (non-hydrogen) atoms. The Morgan fingerprint density at radius 3 is 2.91 bits per heavy atom. The van der Waals surface area contributed by atoms with Crippen LogP contribution in [0.15, 0.2) is 35.4 Å². The summed E-state index contributed by atoms with van der Waals surface area (Å²) in [5, 5.41) is 12.5. The average molecular weight is 296 g/mol. The van der Waals surface area contributed by atoms with Crippen LogP contribution >= 0.6 is 0 Å². The van der Waals surface area contributed by atoms with Crippen molar-refractivity contribution in [2.75, 3.05) is 0 Å². The molecule has 6 heteroatoms. The van der Waals surface area contributed by atoms with Crippen molar-refractivity contribution in [3.8, 4) is 6.07 Å². The summed E-state index contributed by atoms with van der Waals surface area (Å²) in [6.45, 7) is 1.59. The first-order valence-corrected chi connectivity index (χ1v) is 7.20. The van der Waals surface area contributed by atoms with E-state index in [0.717, 1.165) is 12.8 Å². The monoisotopic (exact) mass is 296 g/mol. The Morgan fingerprint density at radius 2 is 2.23 bits per heavy atom. The predicted molar refractivity (Wildman–Crippen MR) is 80.9 cm³/mol. The van der Waals surface area contributed by atoms with Gasteiger partial charge >= 0.3 is 0 Å². The predicted octanol–water partition coefficient (Wildman–Crippen LogP) is 1.20. The van der Waals surface area contributed by atoms with Crippen LogP contribution in [0, 0.1) is 17.2 Å². The second kappa shape index (κ2) is 5.26. The van der Waals surface area contributed by atoms with E-state index >= 15 is 0 Å². The zero-order chi connectivity index (χ0) is 15.7. The van der Waals surface area contributed by atoms with E-state index < -0.39 is 5.54 Å². The summed E-state index contributed by atoms with van der Waals surface area (Å²) in [5.41, 5.74) is -0.514. The number of para-hydroxylation sites is 1. The number of benzene rings is 1. The van der Waals surface area contributed by atoms with E-state index in [9.17, 15) is 14.9 Å². The Morgan fingerprint density at radius 1 is 1.50 bits per heavy atom. The highest BCUT2D eigenvalue weighted by Gasteiger charge is 2.42. The number of hydrogen-bond acceptors (Lipinski definition) is 4. The highest BCUT2D eigenvalue weighted by atomic mass is 16.2. The molecule has 0 unspecified atom stereocenters. The minimum absolute atomic E-state index is 0.138. The number of nitriles is 1. The number of nitrogens with zero attached hydrogens (tertiary/aromatic N) is 3. The van der Waals surface area contributed by atoms with Crippen molar-refractivity contribution in [1.29, 1.82) is 5.26 Å². The van der Waals surface area contributed by atoms with Crippen molar-refractivity contribution >= 4 is 16.8 Å². The third kappa shape index (κ3) is 2.58. The van der Waals surface area contributed by atoms with Crippen molar-refractivity contribution < 1.29 is 4.79 Å². The average Bonchev–Trinajstić information content (AvgIpc) is 3.35. The van der Waals surface area contributed by atoms with Crippen LogP contribution in [-0.2, 0) is 11.3 Å². The molecule has 0 bridgehead atoms. The fraction of sp³-hybridized carbons (Fsp3) is 0.375. The Hall–Kier alpha value is -2.68. The van der Waals surface area contributed by atoms with Crippen LogP contribution in [-0.4, -0.2) is 21.0 Å². The highest BCUT2D eigenvalue weighted by molar-refractivity contribution is 5.79. The SMILES string of the molecule is C[C@](C#N)(NC(=O)Cn1cnc2ccccc2c1=O)C1CC1. The van der Waals surface area contributed by atoms with Gasteiger partial charge in [0.2, 0.25) is 5.91 Å². The van der Waals surface area contributed by atoms with E-state index in [0.29, 0.717) is 10.9 Å². The van der Waals surface area contributed by atoms with Gasteiger partial charge in [-0.15, -0.1) is 0 Å². The Bertz CT molecular complexity index is 832. The summed E-state index contributed by atoms with van der Waals surface area (Å²) in [6, 6.07) is 9.17. The molecular weight excluding hydrogens is 280 g/mol. The standard InChI is InChI=1S/C16H16N4O2/c1-16(9-17,11-6-7-11)19-14(21)8-20-10-18-13-5-3-2-4-12(13)15(20)22/h2-5,10-11H,6-8H2,1H3,(H,19,21)/t16-/m1/s1. The molecule has 1 heterocycles. The molecule has 0 saturated heterocycles. The van der Waals surface area contributed by atoms with Crippen molar-refractivity contribution in [2.24, 2.45) is 5.92 Å². The quantitative estimate of drug-likeness (QED) is 0.918. The molecule has 1 aliphatic carbocycles. The second-order valence-corrected chi connectivity index (χ2v) is 5.83. The van der Waals surface area contributed by atoms with E-state index in [1.165, 1.54) is 10.9 Å². The molecule has 2 aromatic rings. The largest absolute Gasteiger partial charge is 0.336 e. The highest BCUT2D eigenvalue weighted by Crippen LogP contribution is 2.39. The molecule has 112 valence electrons. The number of rotatable bonds is 4. The van der Waals surface area contributed by atoms with Crippen molar-refractivity contribution in [3.05, 3.63) is 40.9 Å². The Labute approximate surface area is 127 Å². The normalized spacial score (nSPS) is 16.7. The molecule has 6 nitrogen and oxygen atoms in total. The first-order chi connectivity index (χ1) is 10.5. The van der Waals surface area contributed by atoms with Gasteiger partial charge in [-0.2, -0.15) is 5.26 Å². The van der Waals surface area contributed by atoms with Gasteiger partial charge in [0.25, 0.3) is 5.56 Å². The minimum Gasteiger partial charge on any atom is -0.336 e. The molecule has 1 aromatic heterocycles. The summed E-state index contributed by atoms with van der Waals surface area (Å²) >= 11 is 0. The first kappa shape index (κ1) is 14.3. The van der Waals surface area contributed by atoms with Gasteiger partial charge in [0.15, 0.2) is 0 Å². The smallest absolute Gasteiger partial charge is 0.261 e. The summed E-state index contributed by atoms with van der Waals surface area (Å²) in [6.07, 6.45) is 3.26. The van der Waals surface area contributed by atoms with Crippen molar-refractivity contribution in [3.63, 3.8) is 0 Å². The van der Waals surface area contributed by atoms with Gasteiger partial charge in [-0.3, -0.25) is 14.2 Å². The molecule has 1 atom stereocenters. The molecule has 0 aliphatic heterocycles. The van der Waals surface area contributed by atoms with Crippen molar-refractivity contribution in [2.45, 2.75) is 31.8 Å². The number of hydrogen-bond donors (Lipinski definition) is 1. The molecule has 1 aliphatic rings. The number of carbonyl (C=O) groups excluding carboxylic acids is 1. The number of nitrogens with one attached hydrogen (secondary N) is 1. The van der Waals surface area contributed by atoms with Gasteiger partial charge in [-0.1, -0.05) is 12.1 Å². The fourth-order valence-corrected chi connectivity index (χ4v) is 2.58. The van der Waals surface area contributed by atoms with E-state index in [4.69, 9.17) is 0 Å². The molecule has 0 radical (unpaired) electrons. The number of amides is 1. The zero-order valence-electron chi connectivity index (χ0n) is 12.2. The van der Waals surface area contributed by atoms with Crippen LogP contribution in [0.25, 0.3) is 10.9 Å². The summed E-state index contributed by atoms with van der Waals surface area (Å²) in [5.74, 6) is -0.150. The molecule has 1 fully saturated rings. The second-order valence-electron chi connectivity index (χ2n) is 5.83. The molecule has 1 N–H and O–H groups in total. The Balaban J connectivity index is 1.81. The first-order valence-electron chi connectivity index (χ1n) is 7.20. The maximum atomic E-state index is 12.3. The summed E-state index contributed by atoms with van der Waals surface area (Å²) in [7, 11) is 0. The van der Waals surface area contributed by atoms with Gasteiger partial charge in [0, 0.05) is 0 Å². The number of fused-ring (bicyclic) bond motifs is 1. The maximum Gasteiger partial charge on any atom is 0.261 e. The summed E-state index contributed by atoms with van der Waals surface area (Å²) in [4.78, 5) is 28.7. The van der Waals surface area contributed by atoms with Crippen LogP contribution in [0.5, 0.6) is 0 Å². The maximum absolute atomic E-state index is 12.3. The van der Waals surface area contributed by atoms with Crippen LogP contribution in [0.4, 0.5) is 0 Å². The molecule has 0 spiro atoms. The van der Waals surface area contributed by atoms with E-state index in [2.05, 4.69) is 16.4 Å². The number of carbonyl (C=O) groups is 1. The van der Waals surface area contributed by atoms with Gasteiger partial charge < -0.3 is 5.32 Å². The lowest BCUT2D eigenvalue weighted by atomic mass is 9.98. The molecule has 1 saturated carbocycles. The third-order valence-corrected chi connectivity index (χ3v) is 4.07. The lowest BCUT2D eigenvalue weighted by Crippen LogP contribution is -2.48. The van der Waals surface area contributed by atoms with Crippen LogP contribution in [0.3, 0.4) is 0 Å². The third-order valence-electron chi connectivity index (χ3n) is 4.07. The Kier molecular flexibility index (Phi) is 3.41. The zero-order valence-corrected chi connectivity index (χ0v) is 12.2. The van der Waals surface area contributed by atoms with Crippen LogP contribution in [0.1, 0.15) is 19.8 Å². The van der Waals surface area contributed by atoms with E-state index in [1.807, 2.05) is 0 Å². The van der Waals surface area contributed by atoms with Gasteiger partial charge in [0.1, 0.15) is 12.1 Å². The van der Waals surface area contributed by atoms with Crippen LogP contribution in [0.2, 0.25) is 0 Å². The molecular formula is C16H16N4O2. The lowest BCUT2D eigenvalue weighted by molar-refractivity contribution is -0.123. The van der Waals surface area contributed by atoms with Crippen LogP contribution < -0.4 is 10.9 Å². The molecule has 1 amide bonds. The summed E-state index contributed by atoms with van der Waals surface area (Å²) < 4.78 is 1.27.